The van der Waals surface area contributed by atoms with Crippen LogP contribution in [0.15, 0.2) is 24.5 Å². The average Bonchev–Trinajstić information content (AvgIpc) is 3.11. The number of halogens is 2. The van der Waals surface area contributed by atoms with Crippen molar-refractivity contribution in [2.75, 3.05) is 19.6 Å². The van der Waals surface area contributed by atoms with Crippen LogP contribution in [0.5, 0.6) is 0 Å². The first-order chi connectivity index (χ1) is 13.3. The molecule has 0 aliphatic carbocycles. The molecule has 2 aromatic heterocycles. The number of piperidine rings is 1. The molecule has 0 spiro atoms. The Hall–Kier alpha value is -2.84. The van der Waals surface area contributed by atoms with E-state index in [4.69, 9.17) is 0 Å². The Morgan fingerprint density at radius 1 is 1.11 bits per heavy atom. The third kappa shape index (κ3) is 3.61. The highest BCUT2D eigenvalue weighted by molar-refractivity contribution is 5.94. The molecule has 1 fully saturated rings. The van der Waals surface area contributed by atoms with Gasteiger partial charge in [0, 0.05) is 51.8 Å². The first-order valence-electron chi connectivity index (χ1n) is 9.29. The van der Waals surface area contributed by atoms with Crippen LogP contribution < -0.4 is 0 Å². The van der Waals surface area contributed by atoms with Crippen molar-refractivity contribution in [3.63, 3.8) is 0 Å². The molecule has 0 saturated carbocycles. The molecule has 0 bridgehead atoms. The second-order valence-corrected chi connectivity index (χ2v) is 7.29. The number of carbonyl (C=O) groups is 2. The van der Waals surface area contributed by atoms with Crippen molar-refractivity contribution in [2.24, 2.45) is 0 Å². The van der Waals surface area contributed by atoms with Crippen LogP contribution in [0.2, 0.25) is 0 Å². The topological polar surface area (TPSA) is 71.3 Å². The largest absolute Gasteiger partial charge is 0.338 e. The molecule has 28 heavy (non-hydrogen) atoms. The Morgan fingerprint density at radius 2 is 1.86 bits per heavy atom. The number of amides is 2. The van der Waals surface area contributed by atoms with Crippen LogP contribution in [0, 0.1) is 0 Å². The minimum absolute atomic E-state index is 0.0247. The Morgan fingerprint density at radius 3 is 2.50 bits per heavy atom. The molecule has 0 radical (unpaired) electrons. The normalized spacial score (nSPS) is 18.7. The van der Waals surface area contributed by atoms with Gasteiger partial charge in [0.25, 0.3) is 11.8 Å². The third-order valence-electron chi connectivity index (χ3n) is 5.33. The molecular weight excluding hydrogens is 368 g/mol. The zero-order valence-electron chi connectivity index (χ0n) is 15.6. The number of fused-ring (bicyclic) bond motifs is 1. The Balaban J connectivity index is 1.47. The summed E-state index contributed by atoms with van der Waals surface area (Å²) in [4.78, 5) is 31.6. The SMILES string of the molecule is CC(=O)N1CCc2cn(-c3ccc(C(=O)N4CCC(F)(F)CC4)cn3)nc2C1. The molecule has 0 aromatic carbocycles. The highest BCUT2D eigenvalue weighted by atomic mass is 19.3. The highest BCUT2D eigenvalue weighted by Gasteiger charge is 2.35. The Bertz CT molecular complexity index is 900. The van der Waals surface area contributed by atoms with Gasteiger partial charge in [0.2, 0.25) is 5.91 Å². The van der Waals surface area contributed by atoms with Crippen LogP contribution in [0.1, 0.15) is 41.4 Å². The van der Waals surface area contributed by atoms with E-state index >= 15 is 0 Å². The highest BCUT2D eigenvalue weighted by Crippen LogP contribution is 2.28. The van der Waals surface area contributed by atoms with E-state index in [2.05, 4.69) is 10.1 Å². The van der Waals surface area contributed by atoms with Gasteiger partial charge in [-0.25, -0.2) is 18.4 Å². The third-order valence-corrected chi connectivity index (χ3v) is 5.33. The van der Waals surface area contributed by atoms with Crippen LogP contribution in [-0.2, 0) is 17.8 Å². The summed E-state index contributed by atoms with van der Waals surface area (Å²) in [6.45, 7) is 2.79. The molecular formula is C19H21F2N5O2. The number of nitrogens with zero attached hydrogens (tertiary/aromatic N) is 5. The van der Waals surface area contributed by atoms with Gasteiger partial charge in [0.05, 0.1) is 17.8 Å². The van der Waals surface area contributed by atoms with E-state index in [1.54, 1.807) is 28.6 Å². The van der Waals surface area contributed by atoms with Crippen LogP contribution in [0.25, 0.3) is 5.82 Å². The number of rotatable bonds is 2. The van der Waals surface area contributed by atoms with Crippen LogP contribution in [-0.4, -0.2) is 61.9 Å². The fourth-order valence-electron chi connectivity index (χ4n) is 3.56. The zero-order valence-corrected chi connectivity index (χ0v) is 15.6. The van der Waals surface area contributed by atoms with Crippen LogP contribution >= 0.6 is 0 Å². The molecule has 9 heteroatoms. The summed E-state index contributed by atoms with van der Waals surface area (Å²) in [6, 6.07) is 3.33. The standard InChI is InChI=1S/C19H21F2N5O2/c1-13(27)25-7-4-15-11-26(23-16(15)12-25)17-3-2-14(10-22-17)18(28)24-8-5-19(20,21)6-9-24/h2-3,10-11H,4-9,12H2,1H3. The van der Waals surface area contributed by atoms with Gasteiger partial charge in [-0.2, -0.15) is 5.10 Å². The van der Waals surface area contributed by atoms with E-state index in [-0.39, 0.29) is 37.7 Å². The maximum absolute atomic E-state index is 13.3. The van der Waals surface area contributed by atoms with Crippen molar-refractivity contribution in [3.8, 4) is 5.82 Å². The molecule has 7 nitrogen and oxygen atoms in total. The summed E-state index contributed by atoms with van der Waals surface area (Å²) in [6.07, 6.45) is 3.47. The molecule has 148 valence electrons. The molecule has 2 amide bonds. The average molecular weight is 389 g/mol. The second-order valence-electron chi connectivity index (χ2n) is 7.29. The maximum atomic E-state index is 13.3. The van der Waals surface area contributed by atoms with Gasteiger partial charge in [0.1, 0.15) is 0 Å². The van der Waals surface area contributed by atoms with E-state index < -0.39 is 5.92 Å². The molecule has 2 aliphatic rings. The summed E-state index contributed by atoms with van der Waals surface area (Å²) >= 11 is 0. The number of hydrogen-bond acceptors (Lipinski definition) is 4. The van der Waals surface area contributed by atoms with Crippen molar-refractivity contribution in [1.29, 1.82) is 0 Å². The summed E-state index contributed by atoms with van der Waals surface area (Å²) < 4.78 is 28.2. The predicted octanol–water partition coefficient (Wildman–Crippen LogP) is 2.04. The van der Waals surface area contributed by atoms with Crippen molar-refractivity contribution >= 4 is 11.8 Å². The van der Waals surface area contributed by atoms with Crippen LogP contribution in [0.3, 0.4) is 0 Å². The van der Waals surface area contributed by atoms with Gasteiger partial charge in [-0.15, -0.1) is 0 Å². The first kappa shape index (κ1) is 18.5. The van der Waals surface area contributed by atoms with Crippen molar-refractivity contribution in [2.45, 2.75) is 38.7 Å². The summed E-state index contributed by atoms with van der Waals surface area (Å²) in [5.74, 6) is -2.38. The number of hydrogen-bond donors (Lipinski definition) is 0. The lowest BCUT2D eigenvalue weighted by Gasteiger charge is -2.31. The van der Waals surface area contributed by atoms with Gasteiger partial charge >= 0.3 is 0 Å². The van der Waals surface area contributed by atoms with E-state index in [0.717, 1.165) is 17.7 Å². The summed E-state index contributed by atoms with van der Waals surface area (Å²) in [7, 11) is 0. The fraction of sp³-hybridized carbons (Fsp3) is 0.474. The number of carbonyl (C=O) groups excluding carboxylic acids is 2. The smallest absolute Gasteiger partial charge is 0.255 e. The van der Waals surface area contributed by atoms with Crippen LogP contribution in [0.4, 0.5) is 8.78 Å². The lowest BCUT2D eigenvalue weighted by molar-refractivity contribution is -0.129. The van der Waals surface area contributed by atoms with E-state index in [1.807, 2.05) is 6.20 Å². The molecule has 0 atom stereocenters. The van der Waals surface area contributed by atoms with E-state index in [9.17, 15) is 18.4 Å². The Labute approximate surface area is 160 Å². The van der Waals surface area contributed by atoms with Gasteiger partial charge in [0.15, 0.2) is 5.82 Å². The van der Waals surface area contributed by atoms with Crippen molar-refractivity contribution in [1.82, 2.24) is 24.6 Å². The molecule has 2 aliphatic heterocycles. The zero-order chi connectivity index (χ0) is 19.9. The number of pyridine rings is 1. The van der Waals surface area contributed by atoms with Gasteiger partial charge in [-0.3, -0.25) is 9.59 Å². The molecule has 1 saturated heterocycles. The predicted molar refractivity (Wildman–Crippen MR) is 96.2 cm³/mol. The van der Waals surface area contributed by atoms with Crippen molar-refractivity contribution in [3.05, 3.63) is 41.3 Å². The minimum Gasteiger partial charge on any atom is -0.338 e. The quantitative estimate of drug-likeness (QED) is 0.788. The summed E-state index contributed by atoms with van der Waals surface area (Å²) in [5, 5.41) is 4.52. The molecule has 0 N–H and O–H groups in total. The van der Waals surface area contributed by atoms with Gasteiger partial charge < -0.3 is 9.80 Å². The van der Waals surface area contributed by atoms with Gasteiger partial charge in [-0.1, -0.05) is 0 Å². The monoisotopic (exact) mass is 389 g/mol. The summed E-state index contributed by atoms with van der Waals surface area (Å²) in [5.41, 5.74) is 2.29. The number of alkyl halides is 2. The molecule has 2 aromatic rings. The number of aromatic nitrogens is 3. The first-order valence-corrected chi connectivity index (χ1v) is 9.29. The molecule has 4 heterocycles. The van der Waals surface area contributed by atoms with Gasteiger partial charge in [-0.05, 0) is 24.1 Å². The molecule has 4 rings (SSSR count). The fourth-order valence-corrected chi connectivity index (χ4v) is 3.56. The van der Waals surface area contributed by atoms with Crippen molar-refractivity contribution < 1.29 is 18.4 Å². The molecule has 0 unspecified atom stereocenters. The lowest BCUT2D eigenvalue weighted by atomic mass is 10.1. The Kier molecular flexibility index (Phi) is 4.60. The second kappa shape index (κ2) is 6.96. The lowest BCUT2D eigenvalue weighted by Crippen LogP contribution is -2.42. The maximum Gasteiger partial charge on any atom is 0.255 e. The minimum atomic E-state index is -2.68. The number of likely N-dealkylation sites (tertiary alicyclic amines) is 1. The van der Waals surface area contributed by atoms with E-state index in [0.29, 0.717) is 24.5 Å². The van der Waals surface area contributed by atoms with E-state index in [1.165, 1.54) is 11.1 Å².